The van der Waals surface area contributed by atoms with Crippen LogP contribution in [0, 0.1) is 0 Å². The zero-order valence-corrected chi connectivity index (χ0v) is 15.2. The predicted molar refractivity (Wildman–Crippen MR) is 98.2 cm³/mol. The zero-order valence-electron chi connectivity index (χ0n) is 15.2. The lowest BCUT2D eigenvalue weighted by atomic mass is 9.97. The molecule has 132 valence electrons. The Hall–Kier alpha value is -2.63. The van der Waals surface area contributed by atoms with E-state index in [9.17, 15) is 4.79 Å². The molecule has 0 amide bonds. The van der Waals surface area contributed by atoms with Crippen LogP contribution < -0.4 is 10.2 Å². The van der Waals surface area contributed by atoms with Crippen molar-refractivity contribution in [2.45, 2.75) is 32.7 Å². The van der Waals surface area contributed by atoms with Crippen LogP contribution in [0.3, 0.4) is 0 Å². The summed E-state index contributed by atoms with van der Waals surface area (Å²) in [5.74, 6) is 2.59. The van der Waals surface area contributed by atoms with Crippen molar-refractivity contribution in [1.82, 2.24) is 9.97 Å². The van der Waals surface area contributed by atoms with Crippen molar-refractivity contribution in [3.8, 4) is 0 Å². The van der Waals surface area contributed by atoms with Crippen molar-refractivity contribution in [2.75, 3.05) is 30.9 Å². The molecule has 0 unspecified atom stereocenters. The van der Waals surface area contributed by atoms with E-state index in [1.54, 1.807) is 0 Å². The van der Waals surface area contributed by atoms with Crippen LogP contribution in [-0.4, -0.2) is 36.6 Å². The molecule has 6 nitrogen and oxygen atoms in total. The Morgan fingerprint density at radius 3 is 2.72 bits per heavy atom. The fourth-order valence-electron chi connectivity index (χ4n) is 2.99. The van der Waals surface area contributed by atoms with E-state index in [4.69, 9.17) is 9.72 Å². The van der Waals surface area contributed by atoms with Gasteiger partial charge in [-0.25, -0.2) is 14.8 Å². The van der Waals surface area contributed by atoms with Crippen molar-refractivity contribution in [3.05, 3.63) is 46.8 Å². The van der Waals surface area contributed by atoms with Crippen molar-refractivity contribution >= 4 is 17.6 Å². The average molecular weight is 340 g/mol. The predicted octanol–water partition coefficient (Wildman–Crippen LogP) is 2.99. The fourth-order valence-corrected chi connectivity index (χ4v) is 2.99. The Morgan fingerprint density at radius 1 is 1.24 bits per heavy atom. The van der Waals surface area contributed by atoms with Crippen LogP contribution in [-0.2, 0) is 17.7 Å². The summed E-state index contributed by atoms with van der Waals surface area (Å²) in [4.78, 5) is 23.2. The smallest absolute Gasteiger partial charge is 0.337 e. The van der Waals surface area contributed by atoms with Gasteiger partial charge < -0.3 is 15.0 Å². The van der Waals surface area contributed by atoms with E-state index in [-0.39, 0.29) is 11.9 Å². The van der Waals surface area contributed by atoms with E-state index < -0.39 is 0 Å². The summed E-state index contributed by atoms with van der Waals surface area (Å²) in [6, 6.07) is 7.76. The van der Waals surface area contributed by atoms with Gasteiger partial charge in [0, 0.05) is 32.1 Å². The molecule has 1 aromatic carbocycles. The van der Waals surface area contributed by atoms with Crippen LogP contribution in [0.2, 0.25) is 0 Å². The second-order valence-corrected chi connectivity index (χ2v) is 6.52. The number of carbonyl (C=O) groups is 1. The highest BCUT2D eigenvalue weighted by Gasteiger charge is 2.20. The first-order chi connectivity index (χ1) is 12.0. The van der Waals surface area contributed by atoms with Gasteiger partial charge in [-0.15, -0.1) is 0 Å². The summed E-state index contributed by atoms with van der Waals surface area (Å²) in [6.07, 6.45) is 0.871. The molecule has 25 heavy (non-hydrogen) atoms. The highest BCUT2D eigenvalue weighted by atomic mass is 16.5. The Kier molecular flexibility index (Phi) is 4.88. The van der Waals surface area contributed by atoms with Gasteiger partial charge >= 0.3 is 5.97 Å². The summed E-state index contributed by atoms with van der Waals surface area (Å²) < 4.78 is 4.81. The van der Waals surface area contributed by atoms with Gasteiger partial charge in [-0.1, -0.05) is 19.9 Å². The number of methoxy groups -OCH3 is 1. The largest absolute Gasteiger partial charge is 0.465 e. The SMILES string of the molecule is CNc1cc(N2CCc3cc(C(=O)OC)ccc3C2)nc(C(C)C)n1. The summed E-state index contributed by atoms with van der Waals surface area (Å²) in [5.41, 5.74) is 3.03. The van der Waals surface area contributed by atoms with Crippen molar-refractivity contribution in [1.29, 1.82) is 0 Å². The maximum atomic E-state index is 11.7. The third-order valence-corrected chi connectivity index (χ3v) is 4.47. The second-order valence-electron chi connectivity index (χ2n) is 6.52. The minimum absolute atomic E-state index is 0.270. The molecule has 0 spiro atoms. The van der Waals surface area contributed by atoms with Gasteiger partial charge in [0.05, 0.1) is 12.7 Å². The number of nitrogens with one attached hydrogen (secondary N) is 1. The lowest BCUT2D eigenvalue weighted by Crippen LogP contribution is -2.31. The number of benzene rings is 1. The molecule has 1 N–H and O–H groups in total. The van der Waals surface area contributed by atoms with E-state index in [2.05, 4.69) is 29.0 Å². The number of carbonyl (C=O) groups excluding carboxylic acids is 1. The summed E-state index contributed by atoms with van der Waals surface area (Å²) in [6.45, 7) is 5.82. The third kappa shape index (κ3) is 3.57. The monoisotopic (exact) mass is 340 g/mol. The summed E-state index contributed by atoms with van der Waals surface area (Å²) >= 11 is 0. The Balaban J connectivity index is 1.88. The number of fused-ring (bicyclic) bond motifs is 1. The number of aromatic nitrogens is 2. The van der Waals surface area contributed by atoms with E-state index in [0.717, 1.165) is 37.0 Å². The van der Waals surface area contributed by atoms with Crippen molar-refractivity contribution < 1.29 is 9.53 Å². The van der Waals surface area contributed by atoms with Gasteiger partial charge in [-0.2, -0.15) is 0 Å². The normalized spacial score (nSPS) is 13.6. The van der Waals surface area contributed by atoms with Crippen molar-refractivity contribution in [3.63, 3.8) is 0 Å². The van der Waals surface area contributed by atoms with Gasteiger partial charge in [0.15, 0.2) is 0 Å². The first-order valence-corrected chi connectivity index (χ1v) is 8.53. The maximum Gasteiger partial charge on any atom is 0.337 e. The van der Waals surface area contributed by atoms with Crippen LogP contribution in [0.5, 0.6) is 0 Å². The molecule has 1 aliphatic heterocycles. The quantitative estimate of drug-likeness (QED) is 0.863. The zero-order chi connectivity index (χ0) is 18.0. The van der Waals surface area contributed by atoms with Gasteiger partial charge in [0.25, 0.3) is 0 Å². The number of hydrogen-bond acceptors (Lipinski definition) is 6. The van der Waals surface area contributed by atoms with Crippen molar-refractivity contribution in [2.24, 2.45) is 0 Å². The minimum Gasteiger partial charge on any atom is -0.465 e. The summed E-state index contributed by atoms with van der Waals surface area (Å²) in [7, 11) is 3.28. The molecule has 1 aromatic heterocycles. The molecule has 2 heterocycles. The second kappa shape index (κ2) is 7.09. The van der Waals surface area contributed by atoms with Gasteiger partial charge in [0.1, 0.15) is 17.5 Å². The molecule has 0 aliphatic carbocycles. The van der Waals surface area contributed by atoms with E-state index >= 15 is 0 Å². The molecule has 0 saturated carbocycles. The van der Waals surface area contributed by atoms with E-state index in [1.807, 2.05) is 31.3 Å². The molecule has 6 heteroatoms. The van der Waals surface area contributed by atoms with Gasteiger partial charge in [-0.3, -0.25) is 0 Å². The number of hydrogen-bond donors (Lipinski definition) is 1. The van der Waals surface area contributed by atoms with Gasteiger partial charge in [0.2, 0.25) is 0 Å². The molecule has 0 fully saturated rings. The number of anilines is 2. The first kappa shape index (κ1) is 17.2. The van der Waals surface area contributed by atoms with Crippen LogP contribution >= 0.6 is 0 Å². The molecule has 0 atom stereocenters. The lowest BCUT2D eigenvalue weighted by molar-refractivity contribution is 0.0600. The molecule has 0 saturated heterocycles. The fraction of sp³-hybridized carbons (Fsp3) is 0.421. The van der Waals surface area contributed by atoms with Crippen LogP contribution in [0.4, 0.5) is 11.6 Å². The average Bonchev–Trinajstić information content (AvgIpc) is 2.65. The molecule has 1 aliphatic rings. The van der Waals surface area contributed by atoms with Gasteiger partial charge in [-0.05, 0) is 29.7 Å². The molecule has 2 aromatic rings. The number of nitrogens with zero attached hydrogens (tertiary/aromatic N) is 3. The lowest BCUT2D eigenvalue weighted by Gasteiger charge is -2.30. The molecule has 0 radical (unpaired) electrons. The van der Waals surface area contributed by atoms with Crippen LogP contribution in [0.1, 0.15) is 47.1 Å². The number of ether oxygens (including phenoxy) is 1. The summed E-state index contributed by atoms with van der Waals surface area (Å²) in [5, 5.41) is 3.12. The Morgan fingerprint density at radius 2 is 2.04 bits per heavy atom. The molecular formula is C19H24N4O2. The Labute approximate surface area is 148 Å². The van der Waals surface area contributed by atoms with Crippen LogP contribution in [0.25, 0.3) is 0 Å². The first-order valence-electron chi connectivity index (χ1n) is 8.53. The minimum atomic E-state index is -0.290. The topological polar surface area (TPSA) is 67.4 Å². The standard InChI is InChI=1S/C19H24N4O2/c1-12(2)18-21-16(20-3)10-17(22-18)23-8-7-13-9-14(19(24)25-4)5-6-15(13)11-23/h5-6,9-10,12H,7-8,11H2,1-4H3,(H,20,21,22). The molecular weight excluding hydrogens is 316 g/mol. The number of esters is 1. The van der Waals surface area contributed by atoms with E-state index in [1.165, 1.54) is 18.2 Å². The number of rotatable bonds is 4. The molecule has 3 rings (SSSR count). The highest BCUT2D eigenvalue weighted by molar-refractivity contribution is 5.89. The maximum absolute atomic E-state index is 11.7. The third-order valence-electron chi connectivity index (χ3n) is 4.47. The van der Waals surface area contributed by atoms with E-state index in [0.29, 0.717) is 5.56 Å². The van der Waals surface area contributed by atoms with Crippen LogP contribution in [0.15, 0.2) is 24.3 Å². The highest BCUT2D eigenvalue weighted by Crippen LogP contribution is 2.26. The Bertz CT molecular complexity index is 789. The molecule has 0 bridgehead atoms.